The molecule has 3 nitrogen and oxygen atoms in total. The molecule has 2 rings (SSSR count). The van der Waals surface area contributed by atoms with E-state index in [4.69, 9.17) is 9.47 Å². The normalized spacial score (nSPS) is 28.4. The van der Waals surface area contributed by atoms with Gasteiger partial charge in [0.25, 0.3) is 0 Å². The van der Waals surface area contributed by atoms with Crippen LogP contribution < -0.4 is 0 Å². The zero-order valence-electron chi connectivity index (χ0n) is 10.2. The number of hydrogen-bond acceptors (Lipinski definition) is 3. The molecule has 1 aliphatic carbocycles. The molecule has 0 bridgehead atoms. The lowest BCUT2D eigenvalue weighted by Gasteiger charge is -2.31. The fraction of sp³-hybridized carbons (Fsp3) is 0.923. The third kappa shape index (κ3) is 2.64. The number of Topliss-reactive ketones (excluding diaryl/α,β-unsaturated/α-hetero) is 1. The summed E-state index contributed by atoms with van der Waals surface area (Å²) in [7, 11) is 0. The summed E-state index contributed by atoms with van der Waals surface area (Å²) in [5.41, 5.74) is 0. The molecule has 0 radical (unpaired) electrons. The van der Waals surface area contributed by atoms with Crippen molar-refractivity contribution in [2.45, 2.75) is 70.2 Å². The SMILES string of the molecule is CCCCC(=O)[C@H]1COC2(CCCCC2)O1. The number of unbranched alkanes of at least 4 members (excludes halogenated alkanes) is 1. The minimum Gasteiger partial charge on any atom is -0.347 e. The van der Waals surface area contributed by atoms with E-state index in [1.165, 1.54) is 6.42 Å². The molecule has 1 saturated heterocycles. The molecule has 0 aromatic heterocycles. The van der Waals surface area contributed by atoms with Crippen molar-refractivity contribution >= 4 is 5.78 Å². The van der Waals surface area contributed by atoms with Crippen LogP contribution in [0, 0.1) is 0 Å². The number of carbonyl (C=O) groups excluding carboxylic acids is 1. The Morgan fingerprint density at radius 1 is 1.31 bits per heavy atom. The minimum absolute atomic E-state index is 0.226. The summed E-state index contributed by atoms with van der Waals surface area (Å²) < 4.78 is 11.6. The summed E-state index contributed by atoms with van der Waals surface area (Å²) in [6.45, 7) is 2.57. The predicted molar refractivity (Wildman–Crippen MR) is 61.2 cm³/mol. The van der Waals surface area contributed by atoms with E-state index in [-0.39, 0.29) is 11.9 Å². The number of ether oxygens (including phenoxy) is 2. The highest BCUT2D eigenvalue weighted by atomic mass is 16.7. The predicted octanol–water partition coefficient (Wildman–Crippen LogP) is 2.82. The molecule has 0 N–H and O–H groups in total. The molecule has 0 aromatic carbocycles. The van der Waals surface area contributed by atoms with Crippen LogP contribution in [0.4, 0.5) is 0 Å². The van der Waals surface area contributed by atoms with Crippen LogP contribution in [-0.2, 0) is 14.3 Å². The molecular weight excluding hydrogens is 204 g/mol. The molecule has 16 heavy (non-hydrogen) atoms. The van der Waals surface area contributed by atoms with E-state index in [1.807, 2.05) is 0 Å². The van der Waals surface area contributed by atoms with E-state index in [9.17, 15) is 4.79 Å². The summed E-state index contributed by atoms with van der Waals surface area (Å²) in [6.07, 6.45) is 7.89. The Hall–Kier alpha value is -0.410. The molecule has 2 fully saturated rings. The second kappa shape index (κ2) is 5.28. The van der Waals surface area contributed by atoms with Crippen molar-refractivity contribution < 1.29 is 14.3 Å². The van der Waals surface area contributed by atoms with E-state index < -0.39 is 5.79 Å². The first-order valence-corrected chi connectivity index (χ1v) is 6.60. The standard InChI is InChI=1S/C13H22O3/c1-2-3-7-11(14)12-10-15-13(16-12)8-5-4-6-9-13/h12H,2-10H2,1H3/t12-/m1/s1. The lowest BCUT2D eigenvalue weighted by atomic mass is 9.94. The number of carbonyl (C=O) groups is 1. The third-order valence-electron chi connectivity index (χ3n) is 3.61. The van der Waals surface area contributed by atoms with Crippen LogP contribution in [0.25, 0.3) is 0 Å². The van der Waals surface area contributed by atoms with Gasteiger partial charge in [-0.15, -0.1) is 0 Å². The second-order valence-electron chi connectivity index (χ2n) is 4.96. The van der Waals surface area contributed by atoms with Crippen molar-refractivity contribution in [2.24, 2.45) is 0 Å². The molecule has 1 atom stereocenters. The molecule has 0 aromatic rings. The highest BCUT2D eigenvalue weighted by Gasteiger charge is 2.44. The van der Waals surface area contributed by atoms with Crippen molar-refractivity contribution in [3.8, 4) is 0 Å². The molecule has 3 heteroatoms. The number of rotatable bonds is 4. The first-order chi connectivity index (χ1) is 7.76. The zero-order chi connectivity index (χ0) is 11.4. The van der Waals surface area contributed by atoms with E-state index >= 15 is 0 Å². The molecule has 1 spiro atoms. The van der Waals surface area contributed by atoms with Gasteiger partial charge in [0.1, 0.15) is 6.10 Å². The Balaban J connectivity index is 1.84. The lowest BCUT2D eigenvalue weighted by molar-refractivity contribution is -0.188. The van der Waals surface area contributed by atoms with Crippen molar-refractivity contribution in [1.82, 2.24) is 0 Å². The van der Waals surface area contributed by atoms with Gasteiger partial charge in [-0.25, -0.2) is 0 Å². The average molecular weight is 226 g/mol. The summed E-state index contributed by atoms with van der Waals surface area (Å²) in [5.74, 6) is -0.172. The van der Waals surface area contributed by atoms with Crippen LogP contribution in [-0.4, -0.2) is 24.3 Å². The van der Waals surface area contributed by atoms with Crippen molar-refractivity contribution in [3.63, 3.8) is 0 Å². The minimum atomic E-state index is -0.398. The summed E-state index contributed by atoms with van der Waals surface area (Å²) >= 11 is 0. The summed E-state index contributed by atoms with van der Waals surface area (Å²) in [4.78, 5) is 11.8. The molecule has 1 heterocycles. The van der Waals surface area contributed by atoms with Crippen LogP contribution >= 0.6 is 0 Å². The Bertz CT molecular complexity index is 244. The van der Waals surface area contributed by atoms with Crippen LogP contribution in [0.1, 0.15) is 58.3 Å². The van der Waals surface area contributed by atoms with Gasteiger partial charge >= 0.3 is 0 Å². The molecule has 1 saturated carbocycles. The summed E-state index contributed by atoms with van der Waals surface area (Å²) in [6, 6.07) is 0. The van der Waals surface area contributed by atoms with Gasteiger partial charge in [-0.2, -0.15) is 0 Å². The van der Waals surface area contributed by atoms with Crippen LogP contribution in [0.5, 0.6) is 0 Å². The number of hydrogen-bond donors (Lipinski definition) is 0. The summed E-state index contributed by atoms with van der Waals surface area (Å²) in [5, 5.41) is 0. The van der Waals surface area contributed by atoms with Gasteiger partial charge in [0.15, 0.2) is 11.6 Å². The fourth-order valence-electron chi connectivity index (χ4n) is 2.58. The maximum Gasteiger partial charge on any atom is 0.169 e. The highest BCUT2D eigenvalue weighted by Crippen LogP contribution is 2.38. The maximum absolute atomic E-state index is 11.8. The van der Waals surface area contributed by atoms with Crippen molar-refractivity contribution in [1.29, 1.82) is 0 Å². The maximum atomic E-state index is 11.8. The van der Waals surface area contributed by atoms with Crippen molar-refractivity contribution in [3.05, 3.63) is 0 Å². The second-order valence-corrected chi connectivity index (χ2v) is 4.96. The zero-order valence-corrected chi connectivity index (χ0v) is 10.2. The largest absolute Gasteiger partial charge is 0.347 e. The molecule has 0 unspecified atom stereocenters. The van der Waals surface area contributed by atoms with Crippen LogP contribution in [0.15, 0.2) is 0 Å². The van der Waals surface area contributed by atoms with E-state index in [0.717, 1.165) is 38.5 Å². The highest BCUT2D eigenvalue weighted by molar-refractivity contribution is 5.83. The topological polar surface area (TPSA) is 35.5 Å². The van der Waals surface area contributed by atoms with Gasteiger partial charge in [-0.1, -0.05) is 19.8 Å². The van der Waals surface area contributed by atoms with Gasteiger partial charge in [0.2, 0.25) is 0 Å². The van der Waals surface area contributed by atoms with Gasteiger partial charge in [0.05, 0.1) is 6.61 Å². The van der Waals surface area contributed by atoms with E-state index in [0.29, 0.717) is 13.0 Å². The Morgan fingerprint density at radius 2 is 2.06 bits per heavy atom. The quantitative estimate of drug-likeness (QED) is 0.739. The van der Waals surface area contributed by atoms with Gasteiger partial charge in [-0.05, 0) is 19.3 Å². The van der Waals surface area contributed by atoms with Gasteiger partial charge < -0.3 is 9.47 Å². The smallest absolute Gasteiger partial charge is 0.169 e. The van der Waals surface area contributed by atoms with Gasteiger partial charge in [-0.3, -0.25) is 4.79 Å². The Labute approximate surface area is 97.5 Å². The molecule has 0 amide bonds. The number of ketones is 1. The lowest BCUT2D eigenvalue weighted by Crippen LogP contribution is -2.34. The van der Waals surface area contributed by atoms with Gasteiger partial charge in [0, 0.05) is 19.3 Å². The van der Waals surface area contributed by atoms with E-state index in [1.54, 1.807) is 0 Å². The molecular formula is C13H22O3. The first-order valence-electron chi connectivity index (χ1n) is 6.60. The molecule has 2 aliphatic rings. The average Bonchev–Trinajstić information content (AvgIpc) is 2.71. The third-order valence-corrected chi connectivity index (χ3v) is 3.61. The van der Waals surface area contributed by atoms with Crippen molar-refractivity contribution in [2.75, 3.05) is 6.61 Å². The van der Waals surface area contributed by atoms with Crippen LogP contribution in [0.2, 0.25) is 0 Å². The Morgan fingerprint density at radius 3 is 2.75 bits per heavy atom. The van der Waals surface area contributed by atoms with E-state index in [2.05, 4.69) is 6.92 Å². The molecule has 1 aliphatic heterocycles. The fourth-order valence-corrected chi connectivity index (χ4v) is 2.58. The van der Waals surface area contributed by atoms with Crippen LogP contribution in [0.3, 0.4) is 0 Å². The monoisotopic (exact) mass is 226 g/mol. The Kier molecular flexibility index (Phi) is 3.98. The first kappa shape index (κ1) is 12.1. The molecule has 92 valence electrons.